The summed E-state index contributed by atoms with van der Waals surface area (Å²) in [4.78, 5) is 0. The standard InChI is InChI=1S/C10H9BrClN3O/c1-6-2-7(11)9(3-8(6)12)15-5-13-14-10(15)4-16/h2-3,5,16H,4H2,1H3. The highest BCUT2D eigenvalue weighted by molar-refractivity contribution is 9.10. The first-order valence-electron chi connectivity index (χ1n) is 4.59. The lowest BCUT2D eigenvalue weighted by atomic mass is 10.2. The van der Waals surface area contributed by atoms with Gasteiger partial charge in [-0.25, -0.2) is 0 Å². The van der Waals surface area contributed by atoms with E-state index in [0.717, 1.165) is 15.7 Å². The van der Waals surface area contributed by atoms with E-state index < -0.39 is 0 Å². The molecule has 0 saturated carbocycles. The lowest BCUT2D eigenvalue weighted by Gasteiger charge is -2.09. The average molecular weight is 303 g/mol. The van der Waals surface area contributed by atoms with E-state index in [1.54, 1.807) is 4.57 Å². The fraction of sp³-hybridized carbons (Fsp3) is 0.200. The number of benzene rings is 1. The van der Waals surface area contributed by atoms with Crippen LogP contribution in [0, 0.1) is 6.92 Å². The van der Waals surface area contributed by atoms with Crippen LogP contribution >= 0.6 is 27.5 Å². The van der Waals surface area contributed by atoms with Gasteiger partial charge < -0.3 is 5.11 Å². The van der Waals surface area contributed by atoms with Gasteiger partial charge >= 0.3 is 0 Å². The van der Waals surface area contributed by atoms with Crippen molar-refractivity contribution in [1.82, 2.24) is 14.8 Å². The van der Waals surface area contributed by atoms with Crippen molar-refractivity contribution in [2.75, 3.05) is 0 Å². The molecule has 1 aromatic carbocycles. The Morgan fingerprint density at radius 3 is 2.94 bits per heavy atom. The third-order valence-electron chi connectivity index (χ3n) is 2.25. The molecule has 6 heteroatoms. The van der Waals surface area contributed by atoms with E-state index in [9.17, 15) is 0 Å². The predicted molar refractivity (Wildman–Crippen MR) is 64.7 cm³/mol. The second-order valence-corrected chi connectivity index (χ2v) is 4.59. The van der Waals surface area contributed by atoms with Crippen molar-refractivity contribution >= 4 is 27.5 Å². The van der Waals surface area contributed by atoms with Gasteiger partial charge in [-0.2, -0.15) is 0 Å². The number of aromatic nitrogens is 3. The van der Waals surface area contributed by atoms with Gasteiger partial charge in [0.1, 0.15) is 12.9 Å². The first kappa shape index (κ1) is 11.6. The molecule has 0 amide bonds. The third kappa shape index (κ3) is 1.98. The summed E-state index contributed by atoms with van der Waals surface area (Å²) in [6.45, 7) is 1.76. The van der Waals surface area contributed by atoms with Crippen LogP contribution in [0.3, 0.4) is 0 Å². The summed E-state index contributed by atoms with van der Waals surface area (Å²) >= 11 is 9.51. The largest absolute Gasteiger partial charge is 0.388 e. The Kier molecular flexibility index (Phi) is 3.28. The topological polar surface area (TPSA) is 50.9 Å². The Morgan fingerprint density at radius 2 is 2.25 bits per heavy atom. The molecule has 16 heavy (non-hydrogen) atoms. The summed E-state index contributed by atoms with van der Waals surface area (Å²) < 4.78 is 2.57. The smallest absolute Gasteiger partial charge is 0.163 e. The van der Waals surface area contributed by atoms with Gasteiger partial charge in [-0.3, -0.25) is 4.57 Å². The minimum Gasteiger partial charge on any atom is -0.388 e. The molecular weight excluding hydrogens is 293 g/mol. The fourth-order valence-electron chi connectivity index (χ4n) is 1.39. The number of hydrogen-bond donors (Lipinski definition) is 1. The first-order valence-corrected chi connectivity index (χ1v) is 5.76. The van der Waals surface area contributed by atoms with E-state index in [1.807, 2.05) is 19.1 Å². The van der Waals surface area contributed by atoms with Crippen LogP contribution in [-0.4, -0.2) is 19.9 Å². The van der Waals surface area contributed by atoms with Crippen molar-refractivity contribution in [3.8, 4) is 5.69 Å². The summed E-state index contributed by atoms with van der Waals surface area (Å²) in [7, 11) is 0. The summed E-state index contributed by atoms with van der Waals surface area (Å²) in [5.41, 5.74) is 1.79. The van der Waals surface area contributed by atoms with Crippen LogP contribution in [0.1, 0.15) is 11.4 Å². The summed E-state index contributed by atoms with van der Waals surface area (Å²) in [5.74, 6) is 0.473. The molecule has 0 aliphatic rings. The molecule has 0 radical (unpaired) electrons. The molecule has 1 N–H and O–H groups in total. The average Bonchev–Trinajstić information content (AvgIpc) is 2.71. The number of hydrogen-bond acceptors (Lipinski definition) is 3. The fourth-order valence-corrected chi connectivity index (χ4v) is 2.20. The second kappa shape index (κ2) is 4.53. The van der Waals surface area contributed by atoms with Gasteiger partial charge in [0.25, 0.3) is 0 Å². The van der Waals surface area contributed by atoms with Crippen LogP contribution in [-0.2, 0) is 6.61 Å². The Bertz CT molecular complexity index is 527. The Balaban J connectivity index is 2.60. The molecule has 0 spiro atoms. The molecule has 0 atom stereocenters. The lowest BCUT2D eigenvalue weighted by Crippen LogP contribution is -2.01. The van der Waals surface area contributed by atoms with E-state index >= 15 is 0 Å². The zero-order valence-electron chi connectivity index (χ0n) is 8.48. The zero-order chi connectivity index (χ0) is 11.7. The Morgan fingerprint density at radius 1 is 1.50 bits per heavy atom. The highest BCUT2D eigenvalue weighted by Crippen LogP contribution is 2.28. The van der Waals surface area contributed by atoms with Crippen LogP contribution in [0.2, 0.25) is 5.02 Å². The molecule has 0 aliphatic heterocycles. The van der Waals surface area contributed by atoms with Crippen molar-refractivity contribution in [3.63, 3.8) is 0 Å². The van der Waals surface area contributed by atoms with Crippen LogP contribution in [0.25, 0.3) is 5.69 Å². The van der Waals surface area contributed by atoms with Gasteiger partial charge in [0.15, 0.2) is 5.82 Å². The predicted octanol–water partition coefficient (Wildman–Crippen LogP) is 2.48. The van der Waals surface area contributed by atoms with Crippen molar-refractivity contribution in [3.05, 3.63) is 39.3 Å². The van der Waals surface area contributed by atoms with Crippen molar-refractivity contribution < 1.29 is 5.11 Å². The molecular formula is C10H9BrClN3O. The lowest BCUT2D eigenvalue weighted by molar-refractivity contribution is 0.269. The number of rotatable bonds is 2. The Labute approximate surface area is 106 Å². The van der Waals surface area contributed by atoms with E-state index in [1.165, 1.54) is 6.33 Å². The van der Waals surface area contributed by atoms with Gasteiger partial charge in [-0.15, -0.1) is 10.2 Å². The molecule has 0 saturated heterocycles. The Hall–Kier alpha value is -0.910. The van der Waals surface area contributed by atoms with Crippen LogP contribution in [0.4, 0.5) is 0 Å². The van der Waals surface area contributed by atoms with Crippen molar-refractivity contribution in [2.45, 2.75) is 13.5 Å². The number of aliphatic hydroxyl groups excluding tert-OH is 1. The summed E-state index contributed by atoms with van der Waals surface area (Å²) in [6, 6.07) is 3.72. The van der Waals surface area contributed by atoms with E-state index in [4.69, 9.17) is 16.7 Å². The maximum atomic E-state index is 9.11. The monoisotopic (exact) mass is 301 g/mol. The second-order valence-electron chi connectivity index (χ2n) is 3.33. The molecule has 2 rings (SSSR count). The molecule has 84 valence electrons. The van der Waals surface area contributed by atoms with Crippen LogP contribution in [0.5, 0.6) is 0 Å². The van der Waals surface area contributed by atoms with Gasteiger partial charge in [0.05, 0.1) is 5.69 Å². The maximum Gasteiger partial charge on any atom is 0.163 e. The van der Waals surface area contributed by atoms with Crippen LogP contribution in [0.15, 0.2) is 22.9 Å². The van der Waals surface area contributed by atoms with Gasteiger partial charge in [0.2, 0.25) is 0 Å². The highest BCUT2D eigenvalue weighted by atomic mass is 79.9. The SMILES string of the molecule is Cc1cc(Br)c(-n2cnnc2CO)cc1Cl. The molecule has 0 aliphatic carbocycles. The highest BCUT2D eigenvalue weighted by Gasteiger charge is 2.10. The molecule has 0 bridgehead atoms. The molecule has 1 aromatic heterocycles. The minimum absolute atomic E-state index is 0.169. The zero-order valence-corrected chi connectivity index (χ0v) is 10.8. The molecule has 4 nitrogen and oxygen atoms in total. The van der Waals surface area contributed by atoms with E-state index in [2.05, 4.69) is 26.1 Å². The number of aliphatic hydroxyl groups is 1. The van der Waals surface area contributed by atoms with Crippen molar-refractivity contribution in [1.29, 1.82) is 0 Å². The summed E-state index contributed by atoms with van der Waals surface area (Å²) in [5, 5.41) is 17.3. The molecule has 0 fully saturated rings. The summed E-state index contributed by atoms with van der Waals surface area (Å²) in [6.07, 6.45) is 1.54. The molecule has 1 heterocycles. The number of nitrogens with zero attached hydrogens (tertiary/aromatic N) is 3. The van der Waals surface area contributed by atoms with Crippen LogP contribution < -0.4 is 0 Å². The molecule has 2 aromatic rings. The quantitative estimate of drug-likeness (QED) is 0.927. The van der Waals surface area contributed by atoms with Gasteiger partial charge in [-0.05, 0) is 40.5 Å². The number of halogens is 2. The number of aryl methyl sites for hydroxylation is 1. The normalized spacial score (nSPS) is 10.8. The van der Waals surface area contributed by atoms with E-state index in [0.29, 0.717) is 10.8 Å². The first-order chi connectivity index (χ1) is 7.63. The third-order valence-corrected chi connectivity index (χ3v) is 3.29. The van der Waals surface area contributed by atoms with Crippen molar-refractivity contribution in [2.24, 2.45) is 0 Å². The maximum absolute atomic E-state index is 9.11. The minimum atomic E-state index is -0.169. The molecule has 0 unspecified atom stereocenters. The van der Waals surface area contributed by atoms with E-state index in [-0.39, 0.29) is 6.61 Å². The van der Waals surface area contributed by atoms with Gasteiger partial charge in [0, 0.05) is 9.50 Å². The van der Waals surface area contributed by atoms with Gasteiger partial charge in [-0.1, -0.05) is 11.6 Å².